The highest BCUT2D eigenvalue weighted by atomic mass is 16.7. The van der Waals surface area contributed by atoms with E-state index in [0.717, 1.165) is 30.6 Å². The summed E-state index contributed by atoms with van der Waals surface area (Å²) in [6.07, 6.45) is -0.288. The van der Waals surface area contributed by atoms with Crippen LogP contribution in [0, 0.1) is 10.1 Å². The maximum Gasteiger partial charge on any atom is 0.515 e. The van der Waals surface area contributed by atoms with Crippen LogP contribution in [0.25, 0.3) is 0 Å². The minimum Gasteiger partial charge on any atom is -0.457 e. The molecule has 2 unspecified atom stereocenters. The first-order chi connectivity index (χ1) is 21.8. The van der Waals surface area contributed by atoms with Crippen LogP contribution in [0.2, 0.25) is 0 Å². The molecule has 4 rings (SSSR count). The number of piperidine rings is 1. The fourth-order valence-corrected chi connectivity index (χ4v) is 4.53. The zero-order chi connectivity index (χ0) is 32.0. The van der Waals surface area contributed by atoms with Crippen molar-refractivity contribution in [3.8, 4) is 23.0 Å². The van der Waals surface area contributed by atoms with E-state index < -0.39 is 35.7 Å². The third kappa shape index (κ3) is 10.1. The van der Waals surface area contributed by atoms with Gasteiger partial charge >= 0.3 is 18.3 Å². The lowest BCUT2D eigenvalue weighted by Crippen LogP contribution is -2.55. The topological polar surface area (TPSA) is 156 Å². The number of hydrogen-bond acceptors (Lipinski definition) is 10. The Kier molecular flexibility index (Phi) is 11.9. The van der Waals surface area contributed by atoms with E-state index in [1.54, 1.807) is 24.3 Å². The molecule has 238 valence electrons. The van der Waals surface area contributed by atoms with Gasteiger partial charge in [-0.2, -0.15) is 0 Å². The van der Waals surface area contributed by atoms with Gasteiger partial charge in [0.2, 0.25) is 0 Å². The van der Waals surface area contributed by atoms with E-state index in [4.69, 9.17) is 23.7 Å². The van der Waals surface area contributed by atoms with Crippen molar-refractivity contribution in [2.45, 2.75) is 64.3 Å². The van der Waals surface area contributed by atoms with E-state index in [0.29, 0.717) is 24.5 Å². The number of para-hydroxylation sites is 1. The van der Waals surface area contributed by atoms with Gasteiger partial charge in [0.15, 0.2) is 12.5 Å². The molecule has 0 saturated carbocycles. The summed E-state index contributed by atoms with van der Waals surface area (Å²) in [5.74, 6) is 1.34. The fraction of sp³-hybridized carbons (Fsp3) is 0.344. The van der Waals surface area contributed by atoms with Gasteiger partial charge in [-0.15, -0.1) is 0 Å². The number of hydrogen-bond donors (Lipinski definition) is 1. The molecule has 0 aromatic heterocycles. The maximum absolute atomic E-state index is 13.5. The largest absolute Gasteiger partial charge is 0.515 e. The van der Waals surface area contributed by atoms with E-state index >= 15 is 0 Å². The van der Waals surface area contributed by atoms with Crippen LogP contribution in [0.3, 0.4) is 0 Å². The summed E-state index contributed by atoms with van der Waals surface area (Å²) in [7, 11) is 0. The molecule has 2 amide bonds. The molecule has 1 heterocycles. The summed E-state index contributed by atoms with van der Waals surface area (Å²) in [6.45, 7) is 2.50. The van der Waals surface area contributed by atoms with Gasteiger partial charge in [0.05, 0.1) is 4.92 Å². The number of amides is 2. The second-order valence-corrected chi connectivity index (χ2v) is 10.1. The molecule has 3 aromatic rings. The quantitative estimate of drug-likeness (QED) is 0.0704. The number of likely N-dealkylation sites (tertiary alicyclic amines) is 1. The molecule has 45 heavy (non-hydrogen) atoms. The molecule has 0 aliphatic carbocycles. The minimum absolute atomic E-state index is 0.00333. The lowest BCUT2D eigenvalue weighted by molar-refractivity contribution is -0.384. The summed E-state index contributed by atoms with van der Waals surface area (Å²) in [6, 6.07) is 20.3. The van der Waals surface area contributed by atoms with Crippen LogP contribution in [0.5, 0.6) is 23.0 Å². The van der Waals surface area contributed by atoms with Gasteiger partial charge in [0, 0.05) is 31.5 Å². The minimum atomic E-state index is -1.19. The van der Waals surface area contributed by atoms with Crippen molar-refractivity contribution < 1.29 is 43.0 Å². The average Bonchev–Trinajstić information content (AvgIpc) is 3.02. The Hall–Kier alpha value is -5.33. The summed E-state index contributed by atoms with van der Waals surface area (Å²) >= 11 is 0. The van der Waals surface area contributed by atoms with Gasteiger partial charge in [-0.1, -0.05) is 44.4 Å². The van der Waals surface area contributed by atoms with Gasteiger partial charge in [-0.25, -0.2) is 19.3 Å². The number of rotatable bonds is 12. The van der Waals surface area contributed by atoms with E-state index in [9.17, 15) is 24.5 Å². The van der Waals surface area contributed by atoms with Crippen molar-refractivity contribution in [2.75, 3.05) is 6.54 Å². The normalized spacial score (nSPS) is 15.8. The molecule has 1 saturated heterocycles. The van der Waals surface area contributed by atoms with Crippen molar-refractivity contribution in [3.63, 3.8) is 0 Å². The van der Waals surface area contributed by atoms with Crippen LogP contribution in [-0.4, -0.2) is 47.2 Å². The second-order valence-electron chi connectivity index (χ2n) is 10.1. The van der Waals surface area contributed by atoms with Gasteiger partial charge in [0.25, 0.3) is 5.69 Å². The van der Waals surface area contributed by atoms with Gasteiger partial charge in [-0.3, -0.25) is 10.1 Å². The average molecular weight is 622 g/mol. The molecule has 1 aliphatic heterocycles. The summed E-state index contributed by atoms with van der Waals surface area (Å²) in [5, 5.41) is 13.6. The molecular formula is C32H35N3O10. The zero-order valence-corrected chi connectivity index (χ0v) is 24.8. The number of non-ortho nitro benzene ring substituents is 1. The van der Waals surface area contributed by atoms with Crippen molar-refractivity contribution in [1.82, 2.24) is 10.2 Å². The SMILES string of the molecule is CCCCCCNC(=O)OC1CCCC(OC(=O)Oc2ccc([N+](=O)[O-])cc2)N1C(=O)Oc1ccc(Oc2ccccc2)cc1. The van der Waals surface area contributed by atoms with Crippen LogP contribution in [0.1, 0.15) is 51.9 Å². The highest BCUT2D eigenvalue weighted by molar-refractivity contribution is 5.73. The molecule has 3 aromatic carbocycles. The third-order valence-electron chi connectivity index (χ3n) is 6.77. The number of unbranched alkanes of at least 4 members (excludes halogenated alkanes) is 3. The Morgan fingerprint density at radius 1 is 0.800 bits per heavy atom. The first-order valence-electron chi connectivity index (χ1n) is 14.7. The summed E-state index contributed by atoms with van der Waals surface area (Å²) in [5.41, 5.74) is -0.180. The molecule has 1 aliphatic rings. The number of nitro groups is 1. The van der Waals surface area contributed by atoms with Crippen LogP contribution in [-0.2, 0) is 9.47 Å². The maximum atomic E-state index is 13.5. The van der Waals surface area contributed by atoms with Crippen LogP contribution in [0.15, 0.2) is 78.9 Å². The molecule has 13 heteroatoms. The lowest BCUT2D eigenvalue weighted by Gasteiger charge is -2.38. The van der Waals surface area contributed by atoms with Crippen molar-refractivity contribution >= 4 is 24.0 Å². The lowest BCUT2D eigenvalue weighted by atomic mass is 10.1. The number of carbonyl (C=O) groups excluding carboxylic acids is 3. The molecular weight excluding hydrogens is 586 g/mol. The van der Waals surface area contributed by atoms with Crippen LogP contribution >= 0.6 is 0 Å². The number of nitrogens with zero attached hydrogens (tertiary/aromatic N) is 2. The monoisotopic (exact) mass is 621 g/mol. The number of nitro benzene ring substituents is 1. The standard InChI is InChI=1S/C32H35N3O10/c1-2-3-4-8-22-33-30(36)44-28-12-9-13-29(45-32(38)43-27-16-14-23(15-17-27)35(39)40)34(28)31(37)42-26-20-18-25(19-21-26)41-24-10-6-5-7-11-24/h5-7,10-11,14-21,28-29H,2-4,8-9,12-13,22H2,1H3,(H,33,36). The van der Waals surface area contributed by atoms with Crippen LogP contribution in [0.4, 0.5) is 20.1 Å². The van der Waals surface area contributed by atoms with E-state index in [2.05, 4.69) is 12.2 Å². The first-order valence-corrected chi connectivity index (χ1v) is 14.7. The first kappa shape index (κ1) is 32.6. The Labute approximate surface area is 260 Å². The smallest absolute Gasteiger partial charge is 0.457 e. The Morgan fingerprint density at radius 2 is 1.40 bits per heavy atom. The zero-order valence-electron chi connectivity index (χ0n) is 24.8. The molecule has 2 atom stereocenters. The van der Waals surface area contributed by atoms with Gasteiger partial charge in [0.1, 0.15) is 23.0 Å². The summed E-state index contributed by atoms with van der Waals surface area (Å²) in [4.78, 5) is 50.1. The molecule has 0 bridgehead atoms. The number of ether oxygens (including phenoxy) is 5. The highest BCUT2D eigenvalue weighted by Crippen LogP contribution is 2.29. The number of carbonyl (C=O) groups is 3. The Bertz CT molecular complexity index is 1420. The van der Waals surface area contributed by atoms with Crippen molar-refractivity contribution in [1.29, 1.82) is 0 Å². The molecule has 0 spiro atoms. The van der Waals surface area contributed by atoms with E-state index in [1.165, 1.54) is 36.4 Å². The van der Waals surface area contributed by atoms with Crippen molar-refractivity contribution in [3.05, 3.63) is 89.0 Å². The molecule has 1 N–H and O–H groups in total. The Morgan fingerprint density at radius 3 is 2.07 bits per heavy atom. The van der Waals surface area contributed by atoms with Crippen LogP contribution < -0.4 is 19.5 Å². The van der Waals surface area contributed by atoms with Crippen molar-refractivity contribution in [2.24, 2.45) is 0 Å². The third-order valence-corrected chi connectivity index (χ3v) is 6.77. The molecule has 0 radical (unpaired) electrons. The predicted octanol–water partition coefficient (Wildman–Crippen LogP) is 7.55. The van der Waals surface area contributed by atoms with Gasteiger partial charge < -0.3 is 29.0 Å². The Balaban J connectivity index is 1.44. The molecule has 1 fully saturated rings. The number of benzene rings is 3. The number of nitrogens with one attached hydrogen (secondary N) is 1. The van der Waals surface area contributed by atoms with E-state index in [-0.39, 0.29) is 30.0 Å². The highest BCUT2D eigenvalue weighted by Gasteiger charge is 2.40. The second kappa shape index (κ2) is 16.5. The predicted molar refractivity (Wildman–Crippen MR) is 161 cm³/mol. The molecule has 13 nitrogen and oxygen atoms in total. The fourth-order valence-electron chi connectivity index (χ4n) is 4.53. The van der Waals surface area contributed by atoms with E-state index in [1.807, 2.05) is 18.2 Å². The van der Waals surface area contributed by atoms with Gasteiger partial charge in [-0.05, 0) is 61.4 Å². The summed E-state index contributed by atoms with van der Waals surface area (Å²) < 4.78 is 27.6. The number of alkyl carbamates (subject to hydrolysis) is 1.